The molecule has 1 aromatic heterocycles. The SMILES string of the molecule is CCC1CCC(n2nnnc2-c2ccc(N)cc2Cl)C1C. The molecule has 1 aromatic carbocycles. The molecule has 1 heterocycles. The molecule has 1 fully saturated rings. The number of benzene rings is 1. The summed E-state index contributed by atoms with van der Waals surface area (Å²) in [7, 11) is 0. The van der Waals surface area contributed by atoms with Crippen molar-refractivity contribution in [1.29, 1.82) is 0 Å². The molecule has 0 spiro atoms. The third-order valence-electron chi connectivity index (χ3n) is 4.75. The Labute approximate surface area is 129 Å². The molecule has 1 saturated carbocycles. The summed E-state index contributed by atoms with van der Waals surface area (Å²) in [4.78, 5) is 0. The summed E-state index contributed by atoms with van der Waals surface area (Å²) in [5.41, 5.74) is 7.23. The molecule has 0 saturated heterocycles. The van der Waals surface area contributed by atoms with Crippen LogP contribution in [-0.4, -0.2) is 20.2 Å². The van der Waals surface area contributed by atoms with Gasteiger partial charge in [-0.2, -0.15) is 0 Å². The lowest BCUT2D eigenvalue weighted by Crippen LogP contribution is -2.18. The fourth-order valence-corrected chi connectivity index (χ4v) is 3.73. The highest BCUT2D eigenvalue weighted by Gasteiger charge is 2.35. The van der Waals surface area contributed by atoms with E-state index < -0.39 is 0 Å². The van der Waals surface area contributed by atoms with Crippen LogP contribution in [0.25, 0.3) is 11.4 Å². The molecule has 112 valence electrons. The minimum atomic E-state index is 0.341. The van der Waals surface area contributed by atoms with Gasteiger partial charge in [-0.1, -0.05) is 31.9 Å². The van der Waals surface area contributed by atoms with Gasteiger partial charge in [0.2, 0.25) is 0 Å². The van der Waals surface area contributed by atoms with Crippen molar-refractivity contribution in [2.45, 2.75) is 39.2 Å². The molecule has 0 aliphatic heterocycles. The second-order valence-electron chi connectivity index (χ2n) is 5.86. The van der Waals surface area contributed by atoms with Crippen LogP contribution in [0.15, 0.2) is 18.2 Å². The van der Waals surface area contributed by atoms with Crippen molar-refractivity contribution in [3.63, 3.8) is 0 Å². The van der Waals surface area contributed by atoms with Crippen molar-refractivity contribution >= 4 is 17.3 Å². The Kier molecular flexibility index (Phi) is 3.85. The molecule has 0 bridgehead atoms. The van der Waals surface area contributed by atoms with E-state index in [1.54, 1.807) is 6.07 Å². The van der Waals surface area contributed by atoms with Crippen LogP contribution in [0, 0.1) is 11.8 Å². The smallest absolute Gasteiger partial charge is 0.183 e. The lowest BCUT2D eigenvalue weighted by molar-refractivity contribution is 0.310. The Balaban J connectivity index is 1.98. The zero-order valence-corrected chi connectivity index (χ0v) is 13.1. The maximum absolute atomic E-state index is 6.30. The van der Waals surface area contributed by atoms with Gasteiger partial charge in [0.05, 0.1) is 11.1 Å². The van der Waals surface area contributed by atoms with E-state index in [2.05, 4.69) is 29.4 Å². The highest BCUT2D eigenvalue weighted by atomic mass is 35.5. The molecule has 21 heavy (non-hydrogen) atoms. The van der Waals surface area contributed by atoms with Crippen LogP contribution in [0.3, 0.4) is 0 Å². The molecule has 3 atom stereocenters. The van der Waals surface area contributed by atoms with Crippen molar-refractivity contribution in [3.8, 4) is 11.4 Å². The van der Waals surface area contributed by atoms with Gasteiger partial charge >= 0.3 is 0 Å². The van der Waals surface area contributed by atoms with Crippen LogP contribution in [0.5, 0.6) is 0 Å². The maximum atomic E-state index is 6.30. The average Bonchev–Trinajstić information content (AvgIpc) is 3.05. The third-order valence-corrected chi connectivity index (χ3v) is 5.06. The number of rotatable bonds is 3. The normalized spacial score (nSPS) is 25.4. The summed E-state index contributed by atoms with van der Waals surface area (Å²) in [6.45, 7) is 4.54. The highest BCUT2D eigenvalue weighted by molar-refractivity contribution is 6.33. The molecule has 0 amide bonds. The fraction of sp³-hybridized carbons (Fsp3) is 0.533. The van der Waals surface area contributed by atoms with E-state index in [0.29, 0.717) is 22.7 Å². The average molecular weight is 306 g/mol. The van der Waals surface area contributed by atoms with Crippen molar-refractivity contribution in [2.75, 3.05) is 5.73 Å². The number of anilines is 1. The number of nitrogen functional groups attached to an aromatic ring is 1. The highest BCUT2D eigenvalue weighted by Crippen LogP contribution is 2.43. The minimum absolute atomic E-state index is 0.341. The van der Waals surface area contributed by atoms with Gasteiger partial charge in [-0.15, -0.1) is 5.10 Å². The van der Waals surface area contributed by atoms with Gasteiger partial charge in [-0.25, -0.2) is 4.68 Å². The molecular weight excluding hydrogens is 286 g/mol. The Hall–Kier alpha value is -1.62. The maximum Gasteiger partial charge on any atom is 0.183 e. The number of halogens is 1. The van der Waals surface area contributed by atoms with Crippen LogP contribution in [0.2, 0.25) is 5.02 Å². The lowest BCUT2D eigenvalue weighted by atomic mass is 9.93. The van der Waals surface area contributed by atoms with Crippen LogP contribution in [-0.2, 0) is 0 Å². The Morgan fingerprint density at radius 1 is 1.38 bits per heavy atom. The molecule has 2 N–H and O–H groups in total. The summed E-state index contributed by atoms with van der Waals surface area (Å²) in [6, 6.07) is 5.79. The van der Waals surface area contributed by atoms with E-state index >= 15 is 0 Å². The molecule has 2 aromatic rings. The first-order chi connectivity index (χ1) is 10.1. The number of nitrogens with two attached hydrogens (primary N) is 1. The molecule has 6 heteroatoms. The quantitative estimate of drug-likeness (QED) is 0.880. The van der Waals surface area contributed by atoms with Crippen LogP contribution >= 0.6 is 11.6 Å². The van der Waals surface area contributed by atoms with Gasteiger partial charge in [0.1, 0.15) is 0 Å². The predicted octanol–water partition coefficient (Wildman–Crippen LogP) is 3.57. The molecular formula is C15H20ClN5. The second-order valence-corrected chi connectivity index (χ2v) is 6.27. The Morgan fingerprint density at radius 3 is 2.86 bits per heavy atom. The Bertz CT molecular complexity index is 639. The monoisotopic (exact) mass is 305 g/mol. The van der Waals surface area contributed by atoms with Gasteiger partial charge in [0, 0.05) is 11.3 Å². The van der Waals surface area contributed by atoms with E-state index in [0.717, 1.165) is 23.7 Å². The first-order valence-corrected chi connectivity index (χ1v) is 7.82. The van der Waals surface area contributed by atoms with Crippen LogP contribution in [0.4, 0.5) is 5.69 Å². The van der Waals surface area contributed by atoms with Crippen molar-refractivity contribution in [2.24, 2.45) is 11.8 Å². The summed E-state index contributed by atoms with van der Waals surface area (Å²) >= 11 is 6.30. The number of tetrazole rings is 1. The molecule has 3 unspecified atom stereocenters. The summed E-state index contributed by atoms with van der Waals surface area (Å²) in [5, 5.41) is 12.9. The molecule has 0 radical (unpaired) electrons. The van der Waals surface area contributed by atoms with Gasteiger partial charge in [-0.3, -0.25) is 0 Å². The van der Waals surface area contributed by atoms with E-state index in [9.17, 15) is 0 Å². The fourth-order valence-electron chi connectivity index (χ4n) is 3.45. The van der Waals surface area contributed by atoms with Gasteiger partial charge < -0.3 is 5.73 Å². The zero-order chi connectivity index (χ0) is 15.0. The molecule has 1 aliphatic rings. The first kappa shape index (κ1) is 14.3. The summed E-state index contributed by atoms with van der Waals surface area (Å²) in [6.07, 6.45) is 3.55. The lowest BCUT2D eigenvalue weighted by Gasteiger charge is -2.20. The number of hydrogen-bond donors (Lipinski definition) is 1. The third kappa shape index (κ3) is 2.50. The van der Waals surface area contributed by atoms with Gasteiger partial charge in [0.15, 0.2) is 5.82 Å². The topological polar surface area (TPSA) is 69.6 Å². The van der Waals surface area contributed by atoms with Crippen LogP contribution < -0.4 is 5.73 Å². The van der Waals surface area contributed by atoms with E-state index in [1.165, 1.54) is 12.8 Å². The predicted molar refractivity (Wildman–Crippen MR) is 83.9 cm³/mol. The standard InChI is InChI=1S/C15H20ClN5/c1-3-10-4-7-14(9(10)2)21-15(18-19-20-21)12-6-5-11(17)8-13(12)16/h5-6,8-10,14H,3-4,7,17H2,1-2H3. The second kappa shape index (κ2) is 5.64. The van der Waals surface area contributed by atoms with Crippen molar-refractivity contribution in [3.05, 3.63) is 23.2 Å². The minimum Gasteiger partial charge on any atom is -0.399 e. The summed E-state index contributed by atoms with van der Waals surface area (Å²) < 4.78 is 1.94. The van der Waals surface area contributed by atoms with Gasteiger partial charge in [-0.05, 0) is 53.3 Å². The van der Waals surface area contributed by atoms with E-state index in [4.69, 9.17) is 17.3 Å². The summed E-state index contributed by atoms with van der Waals surface area (Å²) in [5.74, 6) is 2.05. The number of hydrogen-bond acceptors (Lipinski definition) is 4. The van der Waals surface area contributed by atoms with E-state index in [1.807, 2.05) is 16.8 Å². The number of nitrogens with zero attached hydrogens (tertiary/aromatic N) is 4. The Morgan fingerprint density at radius 2 is 2.19 bits per heavy atom. The molecule has 3 rings (SSSR count). The molecule has 5 nitrogen and oxygen atoms in total. The largest absolute Gasteiger partial charge is 0.399 e. The van der Waals surface area contributed by atoms with Crippen molar-refractivity contribution < 1.29 is 0 Å². The van der Waals surface area contributed by atoms with Crippen molar-refractivity contribution in [1.82, 2.24) is 20.2 Å². The van der Waals surface area contributed by atoms with E-state index in [-0.39, 0.29) is 0 Å². The first-order valence-electron chi connectivity index (χ1n) is 7.45. The van der Waals surface area contributed by atoms with Crippen LogP contribution in [0.1, 0.15) is 39.2 Å². The molecule has 1 aliphatic carbocycles. The number of aromatic nitrogens is 4. The van der Waals surface area contributed by atoms with Gasteiger partial charge in [0.25, 0.3) is 0 Å². The zero-order valence-electron chi connectivity index (χ0n) is 12.3.